The number of aromatic nitrogens is 1. The van der Waals surface area contributed by atoms with Crippen molar-refractivity contribution >= 4 is 0 Å². The molecule has 1 aromatic carbocycles. The molecular formula is C19H26N2O2. The fraction of sp³-hybridized carbons (Fsp3) is 0.421. The van der Waals surface area contributed by atoms with E-state index in [4.69, 9.17) is 0 Å². The van der Waals surface area contributed by atoms with Gasteiger partial charge in [-0.15, -0.1) is 0 Å². The van der Waals surface area contributed by atoms with Gasteiger partial charge in [0.25, 0.3) is 0 Å². The quantitative estimate of drug-likeness (QED) is 0.814. The molecule has 2 rings (SSSR count). The van der Waals surface area contributed by atoms with E-state index < -0.39 is 0 Å². The normalized spacial score (nSPS) is 11.1. The van der Waals surface area contributed by atoms with E-state index in [2.05, 4.69) is 31.0 Å². The molecular weight excluding hydrogens is 288 g/mol. The van der Waals surface area contributed by atoms with Gasteiger partial charge in [-0.05, 0) is 32.0 Å². The van der Waals surface area contributed by atoms with Crippen LogP contribution >= 0.6 is 0 Å². The number of pyridine rings is 1. The predicted octanol–water partition coefficient (Wildman–Crippen LogP) is 3.03. The van der Waals surface area contributed by atoms with Gasteiger partial charge in [0.1, 0.15) is 0 Å². The minimum Gasteiger partial charge on any atom is -0.503 e. The van der Waals surface area contributed by atoms with Gasteiger partial charge in [0.05, 0.1) is 6.20 Å². The molecule has 0 bridgehead atoms. The van der Waals surface area contributed by atoms with Crippen molar-refractivity contribution in [3.8, 4) is 5.75 Å². The molecule has 124 valence electrons. The Balaban J connectivity index is 2.13. The lowest BCUT2D eigenvalue weighted by Gasteiger charge is -2.20. The monoisotopic (exact) mass is 314 g/mol. The minimum absolute atomic E-state index is 0.182. The van der Waals surface area contributed by atoms with Crippen molar-refractivity contribution in [3.63, 3.8) is 0 Å². The van der Waals surface area contributed by atoms with Crippen LogP contribution in [0.3, 0.4) is 0 Å². The number of aryl methyl sites for hydroxylation is 2. The van der Waals surface area contributed by atoms with Crippen LogP contribution < -0.4 is 5.43 Å². The fourth-order valence-corrected chi connectivity index (χ4v) is 2.62. The standard InChI is InChI=1S/C19H26N2O2/c1-3-4-11-20(2)14-17-13-18(22)19(23)15-21(17)12-10-16-8-6-5-7-9-16/h5-9,13,15,23H,3-4,10-12,14H2,1-2H3. The highest BCUT2D eigenvalue weighted by molar-refractivity contribution is 5.21. The summed E-state index contributed by atoms with van der Waals surface area (Å²) in [6, 6.07) is 11.8. The number of hydrogen-bond acceptors (Lipinski definition) is 3. The number of aromatic hydroxyl groups is 1. The maximum absolute atomic E-state index is 11.8. The first-order valence-electron chi connectivity index (χ1n) is 8.25. The van der Waals surface area contributed by atoms with Gasteiger partial charge in [0, 0.05) is 24.8 Å². The van der Waals surface area contributed by atoms with E-state index in [0.29, 0.717) is 6.54 Å². The highest BCUT2D eigenvalue weighted by atomic mass is 16.3. The van der Waals surface area contributed by atoms with Crippen molar-refractivity contribution in [1.29, 1.82) is 0 Å². The summed E-state index contributed by atoms with van der Waals surface area (Å²) in [5, 5.41) is 9.75. The lowest BCUT2D eigenvalue weighted by Crippen LogP contribution is -2.24. The van der Waals surface area contributed by atoms with E-state index in [9.17, 15) is 9.90 Å². The number of hydrogen-bond donors (Lipinski definition) is 1. The summed E-state index contributed by atoms with van der Waals surface area (Å²) < 4.78 is 1.99. The second-order valence-electron chi connectivity index (χ2n) is 6.03. The van der Waals surface area contributed by atoms with Crippen molar-refractivity contribution in [2.45, 2.75) is 39.3 Å². The van der Waals surface area contributed by atoms with Gasteiger partial charge in [0.15, 0.2) is 5.75 Å². The number of rotatable bonds is 8. The molecule has 0 saturated carbocycles. The molecule has 1 heterocycles. The first kappa shape index (κ1) is 17.3. The first-order valence-corrected chi connectivity index (χ1v) is 8.25. The highest BCUT2D eigenvalue weighted by Gasteiger charge is 2.08. The van der Waals surface area contributed by atoms with E-state index in [0.717, 1.165) is 38.0 Å². The third-order valence-electron chi connectivity index (χ3n) is 4.01. The molecule has 0 atom stereocenters. The minimum atomic E-state index is -0.306. The average molecular weight is 314 g/mol. The van der Waals surface area contributed by atoms with Gasteiger partial charge in [-0.25, -0.2) is 0 Å². The van der Waals surface area contributed by atoms with Crippen molar-refractivity contribution in [2.24, 2.45) is 0 Å². The SMILES string of the molecule is CCCCN(C)Cc1cc(=O)c(O)cn1CCc1ccccc1. The molecule has 0 radical (unpaired) electrons. The summed E-state index contributed by atoms with van der Waals surface area (Å²) >= 11 is 0. The summed E-state index contributed by atoms with van der Waals surface area (Å²) in [5.74, 6) is -0.182. The van der Waals surface area contributed by atoms with Crippen LogP contribution in [0.5, 0.6) is 5.75 Å². The van der Waals surface area contributed by atoms with Gasteiger partial charge in [0.2, 0.25) is 5.43 Å². The van der Waals surface area contributed by atoms with E-state index in [1.54, 1.807) is 12.3 Å². The Morgan fingerprint density at radius 3 is 2.65 bits per heavy atom. The molecule has 0 aliphatic carbocycles. The molecule has 0 aliphatic heterocycles. The topological polar surface area (TPSA) is 45.5 Å². The van der Waals surface area contributed by atoms with Crippen LogP contribution in [0.2, 0.25) is 0 Å². The lowest BCUT2D eigenvalue weighted by molar-refractivity contribution is 0.309. The van der Waals surface area contributed by atoms with E-state index in [1.165, 1.54) is 5.56 Å². The second kappa shape index (κ2) is 8.53. The van der Waals surface area contributed by atoms with Crippen LogP contribution in [-0.4, -0.2) is 28.2 Å². The Morgan fingerprint density at radius 1 is 1.22 bits per heavy atom. The lowest BCUT2D eigenvalue weighted by atomic mass is 10.1. The van der Waals surface area contributed by atoms with E-state index >= 15 is 0 Å². The van der Waals surface area contributed by atoms with Gasteiger partial charge in [-0.3, -0.25) is 4.79 Å². The Hall–Kier alpha value is -2.07. The van der Waals surface area contributed by atoms with Gasteiger partial charge in [-0.1, -0.05) is 43.7 Å². The molecule has 4 nitrogen and oxygen atoms in total. The molecule has 2 aromatic rings. The van der Waals surface area contributed by atoms with Gasteiger partial charge >= 0.3 is 0 Å². The Kier molecular flexibility index (Phi) is 6.41. The van der Waals surface area contributed by atoms with Crippen LogP contribution in [0.1, 0.15) is 31.0 Å². The largest absolute Gasteiger partial charge is 0.503 e. The molecule has 0 aliphatic rings. The fourth-order valence-electron chi connectivity index (χ4n) is 2.62. The predicted molar refractivity (Wildman–Crippen MR) is 93.8 cm³/mol. The van der Waals surface area contributed by atoms with Crippen LogP contribution in [0, 0.1) is 0 Å². The van der Waals surface area contributed by atoms with Crippen LogP contribution in [0.4, 0.5) is 0 Å². The summed E-state index contributed by atoms with van der Waals surface area (Å²) in [5.41, 5.74) is 1.89. The van der Waals surface area contributed by atoms with Crippen molar-refractivity contribution in [1.82, 2.24) is 9.47 Å². The zero-order valence-electron chi connectivity index (χ0n) is 14.0. The third kappa shape index (κ3) is 5.25. The summed E-state index contributed by atoms with van der Waals surface area (Å²) in [7, 11) is 2.06. The highest BCUT2D eigenvalue weighted by Crippen LogP contribution is 2.10. The summed E-state index contributed by atoms with van der Waals surface area (Å²) in [6.07, 6.45) is 4.73. The van der Waals surface area contributed by atoms with Gasteiger partial charge in [-0.2, -0.15) is 0 Å². The zero-order chi connectivity index (χ0) is 16.7. The maximum Gasteiger partial charge on any atom is 0.223 e. The summed E-state index contributed by atoms with van der Waals surface area (Å²) in [6.45, 7) is 4.63. The first-order chi connectivity index (χ1) is 11.1. The van der Waals surface area contributed by atoms with Crippen molar-refractivity contribution in [2.75, 3.05) is 13.6 Å². The van der Waals surface area contributed by atoms with Crippen molar-refractivity contribution < 1.29 is 5.11 Å². The van der Waals surface area contributed by atoms with Crippen LogP contribution in [0.15, 0.2) is 47.4 Å². The van der Waals surface area contributed by atoms with Crippen molar-refractivity contribution in [3.05, 3.63) is 64.1 Å². The van der Waals surface area contributed by atoms with Gasteiger partial charge < -0.3 is 14.6 Å². The Bertz CT molecular complexity index is 665. The molecule has 1 N–H and O–H groups in total. The number of benzene rings is 1. The Morgan fingerprint density at radius 2 is 1.96 bits per heavy atom. The van der Waals surface area contributed by atoms with Crippen LogP contribution in [-0.2, 0) is 19.5 Å². The molecule has 4 heteroatoms. The number of unbranched alkanes of at least 4 members (excludes halogenated alkanes) is 1. The third-order valence-corrected chi connectivity index (χ3v) is 4.01. The molecule has 0 fully saturated rings. The second-order valence-corrected chi connectivity index (χ2v) is 6.03. The van der Waals surface area contributed by atoms with E-state index in [1.807, 2.05) is 22.8 Å². The molecule has 1 aromatic heterocycles. The maximum atomic E-state index is 11.8. The average Bonchev–Trinajstić information content (AvgIpc) is 2.55. The smallest absolute Gasteiger partial charge is 0.223 e. The molecule has 0 saturated heterocycles. The number of nitrogens with zero attached hydrogens (tertiary/aromatic N) is 2. The molecule has 0 spiro atoms. The molecule has 23 heavy (non-hydrogen) atoms. The Labute approximate surface area is 138 Å². The van der Waals surface area contributed by atoms with E-state index in [-0.39, 0.29) is 11.2 Å². The molecule has 0 unspecified atom stereocenters. The zero-order valence-corrected chi connectivity index (χ0v) is 14.0. The van der Waals surface area contributed by atoms with Crippen LogP contribution in [0.25, 0.3) is 0 Å². The summed E-state index contributed by atoms with van der Waals surface area (Å²) in [4.78, 5) is 14.0. The molecule has 0 amide bonds.